The molecule has 1 aliphatic heterocycles. The number of benzene rings is 1. The van der Waals surface area contributed by atoms with E-state index in [4.69, 9.17) is 0 Å². The molecule has 24 heavy (non-hydrogen) atoms. The number of likely N-dealkylation sites (tertiary alicyclic amines) is 1. The lowest BCUT2D eigenvalue weighted by atomic mass is 9.91. The molecule has 1 heterocycles. The van der Waals surface area contributed by atoms with Crippen molar-refractivity contribution < 1.29 is 14.7 Å². The fourth-order valence-electron chi connectivity index (χ4n) is 3.02. The molecule has 1 aromatic rings. The van der Waals surface area contributed by atoms with E-state index in [-0.39, 0.29) is 35.4 Å². The van der Waals surface area contributed by atoms with Crippen LogP contribution in [0.4, 0.5) is 0 Å². The summed E-state index contributed by atoms with van der Waals surface area (Å²) in [6.45, 7) is 8.65. The summed E-state index contributed by atoms with van der Waals surface area (Å²) < 4.78 is 0. The van der Waals surface area contributed by atoms with Gasteiger partial charge in [0.25, 0.3) is 5.91 Å². The maximum absolute atomic E-state index is 12.7. The molecule has 1 aromatic carbocycles. The summed E-state index contributed by atoms with van der Waals surface area (Å²) in [6, 6.07) is 3.68. The predicted molar refractivity (Wildman–Crippen MR) is 94.4 cm³/mol. The third kappa shape index (κ3) is 3.89. The number of rotatable bonds is 4. The van der Waals surface area contributed by atoms with Gasteiger partial charge in [-0.15, -0.1) is 0 Å². The Morgan fingerprint density at radius 2 is 1.92 bits per heavy atom. The Bertz CT molecular complexity index is 638. The van der Waals surface area contributed by atoms with Gasteiger partial charge in [0.15, 0.2) is 0 Å². The maximum atomic E-state index is 12.7. The number of nitrogens with zero attached hydrogens (tertiary/aromatic N) is 1. The molecule has 2 rings (SSSR count). The van der Waals surface area contributed by atoms with E-state index in [1.807, 2.05) is 19.9 Å². The summed E-state index contributed by atoms with van der Waals surface area (Å²) in [5.74, 6) is 0.297. The van der Waals surface area contributed by atoms with Gasteiger partial charge in [0.2, 0.25) is 5.91 Å². The molecule has 2 N–H and O–H groups in total. The summed E-state index contributed by atoms with van der Waals surface area (Å²) in [4.78, 5) is 25.9. The monoisotopic (exact) mass is 332 g/mol. The van der Waals surface area contributed by atoms with Gasteiger partial charge in [-0.3, -0.25) is 9.59 Å². The van der Waals surface area contributed by atoms with Crippen LogP contribution in [-0.2, 0) is 4.79 Å². The van der Waals surface area contributed by atoms with E-state index in [1.165, 1.54) is 0 Å². The summed E-state index contributed by atoms with van der Waals surface area (Å²) >= 11 is 0. The summed E-state index contributed by atoms with van der Waals surface area (Å²) in [5, 5.41) is 13.5. The van der Waals surface area contributed by atoms with Gasteiger partial charge < -0.3 is 15.3 Å². The van der Waals surface area contributed by atoms with Crippen LogP contribution in [-0.4, -0.2) is 41.5 Å². The largest absolute Gasteiger partial charge is 0.507 e. The van der Waals surface area contributed by atoms with Gasteiger partial charge in [0.1, 0.15) is 5.75 Å². The first kappa shape index (κ1) is 18.3. The highest BCUT2D eigenvalue weighted by molar-refractivity contribution is 5.98. The zero-order chi connectivity index (χ0) is 18.0. The van der Waals surface area contributed by atoms with Crippen LogP contribution in [0.15, 0.2) is 12.1 Å². The number of carbonyl (C=O) groups excluding carboxylic acids is 2. The molecule has 5 heteroatoms. The first-order valence-corrected chi connectivity index (χ1v) is 8.62. The SMILES string of the molecule is CC(C)c1cc(C(=O)N[C@@H]2CCC(=O)N(C)C2)c(O)c(C(C)C)c1. The van der Waals surface area contributed by atoms with Crippen LogP contribution in [0.1, 0.15) is 73.9 Å². The van der Waals surface area contributed by atoms with Gasteiger partial charge in [0.05, 0.1) is 5.56 Å². The summed E-state index contributed by atoms with van der Waals surface area (Å²) in [5.41, 5.74) is 2.16. The van der Waals surface area contributed by atoms with Crippen molar-refractivity contribution in [2.75, 3.05) is 13.6 Å². The molecule has 0 spiro atoms. The van der Waals surface area contributed by atoms with E-state index in [0.29, 0.717) is 24.9 Å². The first-order chi connectivity index (χ1) is 11.2. The molecule has 0 radical (unpaired) electrons. The van der Waals surface area contributed by atoms with Crippen LogP contribution in [0.2, 0.25) is 0 Å². The molecule has 132 valence electrons. The molecule has 0 aliphatic carbocycles. The van der Waals surface area contributed by atoms with Crippen LogP contribution in [0.3, 0.4) is 0 Å². The quantitative estimate of drug-likeness (QED) is 0.890. The molecular weight excluding hydrogens is 304 g/mol. The number of hydrogen-bond donors (Lipinski definition) is 2. The van der Waals surface area contributed by atoms with E-state index in [2.05, 4.69) is 19.2 Å². The number of piperidine rings is 1. The summed E-state index contributed by atoms with van der Waals surface area (Å²) in [6.07, 6.45) is 1.08. The van der Waals surface area contributed by atoms with Gasteiger partial charge in [-0.25, -0.2) is 0 Å². The number of phenols is 1. The van der Waals surface area contributed by atoms with Gasteiger partial charge in [0, 0.05) is 26.1 Å². The Morgan fingerprint density at radius 3 is 2.46 bits per heavy atom. The molecule has 0 aromatic heterocycles. The van der Waals surface area contributed by atoms with Crippen molar-refractivity contribution in [2.45, 2.75) is 58.4 Å². The fourth-order valence-corrected chi connectivity index (χ4v) is 3.02. The molecule has 0 bridgehead atoms. The zero-order valence-electron chi connectivity index (χ0n) is 15.2. The standard InChI is InChI=1S/C19H28N2O3/c1-11(2)13-8-15(12(3)4)18(23)16(9-13)19(24)20-14-6-7-17(22)21(5)10-14/h8-9,11-12,14,23H,6-7,10H2,1-5H3,(H,20,24)/t14-/m1/s1. The van der Waals surface area contributed by atoms with Crippen LogP contribution in [0.5, 0.6) is 5.75 Å². The lowest BCUT2D eigenvalue weighted by Crippen LogP contribution is -2.48. The molecule has 1 atom stereocenters. The highest BCUT2D eigenvalue weighted by atomic mass is 16.3. The number of likely N-dealkylation sites (N-methyl/N-ethyl adjacent to an activating group) is 1. The van der Waals surface area contributed by atoms with Crippen molar-refractivity contribution in [3.63, 3.8) is 0 Å². The smallest absolute Gasteiger partial charge is 0.255 e. The molecule has 1 saturated heterocycles. The van der Waals surface area contributed by atoms with Crippen LogP contribution < -0.4 is 5.32 Å². The highest BCUT2D eigenvalue weighted by Gasteiger charge is 2.26. The minimum Gasteiger partial charge on any atom is -0.507 e. The third-order valence-corrected chi connectivity index (χ3v) is 4.66. The van der Waals surface area contributed by atoms with Crippen molar-refractivity contribution in [3.8, 4) is 5.75 Å². The zero-order valence-corrected chi connectivity index (χ0v) is 15.2. The number of aromatic hydroxyl groups is 1. The van der Waals surface area contributed by atoms with E-state index < -0.39 is 0 Å². The minimum atomic E-state index is -0.273. The van der Waals surface area contributed by atoms with E-state index in [9.17, 15) is 14.7 Å². The van der Waals surface area contributed by atoms with E-state index in [1.54, 1.807) is 18.0 Å². The maximum Gasteiger partial charge on any atom is 0.255 e. The van der Waals surface area contributed by atoms with Gasteiger partial charge >= 0.3 is 0 Å². The van der Waals surface area contributed by atoms with E-state index in [0.717, 1.165) is 11.1 Å². The average Bonchev–Trinajstić information content (AvgIpc) is 2.50. The van der Waals surface area contributed by atoms with Crippen LogP contribution in [0.25, 0.3) is 0 Å². The van der Waals surface area contributed by atoms with Crippen molar-refractivity contribution in [1.29, 1.82) is 0 Å². The minimum absolute atomic E-state index is 0.0622. The molecule has 2 amide bonds. The van der Waals surface area contributed by atoms with Gasteiger partial charge in [-0.05, 0) is 35.4 Å². The number of carbonyl (C=O) groups is 2. The average molecular weight is 332 g/mol. The number of nitrogens with one attached hydrogen (secondary N) is 1. The van der Waals surface area contributed by atoms with Crippen molar-refractivity contribution >= 4 is 11.8 Å². The number of amides is 2. The molecule has 5 nitrogen and oxygen atoms in total. The fraction of sp³-hybridized carbons (Fsp3) is 0.579. The Kier molecular flexibility index (Phi) is 5.52. The van der Waals surface area contributed by atoms with Crippen molar-refractivity contribution in [1.82, 2.24) is 10.2 Å². The molecule has 1 fully saturated rings. The van der Waals surface area contributed by atoms with Crippen LogP contribution in [0, 0.1) is 0 Å². The Hall–Kier alpha value is -2.04. The second-order valence-corrected chi connectivity index (χ2v) is 7.30. The number of hydrogen-bond acceptors (Lipinski definition) is 3. The molecular formula is C19H28N2O3. The van der Waals surface area contributed by atoms with Gasteiger partial charge in [-0.2, -0.15) is 0 Å². The molecule has 1 aliphatic rings. The van der Waals surface area contributed by atoms with E-state index >= 15 is 0 Å². The summed E-state index contributed by atoms with van der Waals surface area (Å²) in [7, 11) is 1.74. The van der Waals surface area contributed by atoms with Crippen LogP contribution >= 0.6 is 0 Å². The van der Waals surface area contributed by atoms with Crippen molar-refractivity contribution in [2.24, 2.45) is 0 Å². The lowest BCUT2D eigenvalue weighted by molar-refractivity contribution is -0.132. The Balaban J connectivity index is 2.26. The second-order valence-electron chi connectivity index (χ2n) is 7.30. The predicted octanol–water partition coefficient (Wildman–Crippen LogP) is 2.99. The number of phenolic OH excluding ortho intramolecular Hbond substituents is 1. The third-order valence-electron chi connectivity index (χ3n) is 4.66. The van der Waals surface area contributed by atoms with Crippen molar-refractivity contribution in [3.05, 3.63) is 28.8 Å². The topological polar surface area (TPSA) is 69.6 Å². The molecule has 0 saturated carbocycles. The van der Waals surface area contributed by atoms with Gasteiger partial charge in [-0.1, -0.05) is 33.8 Å². The normalized spacial score (nSPS) is 18.4. The second kappa shape index (κ2) is 7.24. The highest BCUT2D eigenvalue weighted by Crippen LogP contribution is 2.33. The Morgan fingerprint density at radius 1 is 1.25 bits per heavy atom. The first-order valence-electron chi connectivity index (χ1n) is 8.62. The lowest BCUT2D eigenvalue weighted by Gasteiger charge is -2.30. The molecule has 0 unspecified atom stereocenters. The Labute approximate surface area is 144 Å².